The summed E-state index contributed by atoms with van der Waals surface area (Å²) in [5, 5.41) is 2.61. The molecule has 1 unspecified atom stereocenters. The van der Waals surface area contributed by atoms with E-state index in [1.807, 2.05) is 6.92 Å². The van der Waals surface area contributed by atoms with Gasteiger partial charge in [-0.1, -0.05) is 13.0 Å². The molecular formula is C22H25N5O7. The van der Waals surface area contributed by atoms with Crippen LogP contribution >= 0.6 is 0 Å². The number of ketones is 1. The summed E-state index contributed by atoms with van der Waals surface area (Å²) in [4.78, 5) is 64.8. The highest BCUT2D eigenvalue weighted by atomic mass is 16.6. The summed E-state index contributed by atoms with van der Waals surface area (Å²) in [7, 11) is 1.24. The van der Waals surface area contributed by atoms with Crippen LogP contribution in [0.3, 0.4) is 0 Å². The first-order valence-electron chi connectivity index (χ1n) is 10.8. The molecule has 180 valence electrons. The lowest BCUT2D eigenvalue weighted by atomic mass is 9.91. The van der Waals surface area contributed by atoms with E-state index in [9.17, 15) is 24.0 Å². The number of aromatic nitrogens is 2. The number of benzene rings is 1. The molecule has 0 radical (unpaired) electrons. The van der Waals surface area contributed by atoms with Gasteiger partial charge in [0.05, 0.1) is 6.54 Å². The number of ether oxygens (including phenoxy) is 2. The summed E-state index contributed by atoms with van der Waals surface area (Å²) in [6.07, 6.45) is 0.539. The maximum atomic E-state index is 13.3. The number of amides is 3. The lowest BCUT2D eigenvalue weighted by Crippen LogP contribution is -2.45. The third-order valence-corrected chi connectivity index (χ3v) is 6.01. The fraction of sp³-hybridized carbons (Fsp3) is 0.409. The number of Topliss-reactive ketones (excluding diaryl/α,β-unsaturated/α-hetero) is 1. The molecule has 3 N–H and O–H groups in total. The van der Waals surface area contributed by atoms with Crippen LogP contribution in [0.4, 0.5) is 10.6 Å². The van der Waals surface area contributed by atoms with Gasteiger partial charge < -0.3 is 20.5 Å². The minimum atomic E-state index is -1.47. The molecule has 1 saturated heterocycles. The van der Waals surface area contributed by atoms with Gasteiger partial charge in [0.25, 0.3) is 11.5 Å². The molecule has 2 aromatic rings. The number of nitrogens with two attached hydrogens (primary N) is 1. The van der Waals surface area contributed by atoms with Crippen LogP contribution in [0, 0.1) is 0 Å². The second kappa shape index (κ2) is 8.36. The van der Waals surface area contributed by atoms with Crippen LogP contribution in [0.5, 0.6) is 11.5 Å². The third kappa shape index (κ3) is 3.51. The summed E-state index contributed by atoms with van der Waals surface area (Å²) in [5.74, 6) is -0.855. The van der Waals surface area contributed by atoms with Crippen molar-refractivity contribution >= 4 is 23.5 Å². The van der Waals surface area contributed by atoms with Gasteiger partial charge in [-0.25, -0.2) is 9.59 Å². The topological polar surface area (TPSA) is 155 Å². The van der Waals surface area contributed by atoms with Crippen molar-refractivity contribution < 1.29 is 23.9 Å². The summed E-state index contributed by atoms with van der Waals surface area (Å²) in [6.45, 7) is 3.56. The molecule has 2 aliphatic rings. The van der Waals surface area contributed by atoms with Crippen molar-refractivity contribution in [1.29, 1.82) is 0 Å². The minimum absolute atomic E-state index is 0.199. The van der Waals surface area contributed by atoms with E-state index < -0.39 is 46.6 Å². The first-order chi connectivity index (χ1) is 16.1. The smallest absolute Gasteiger partial charge is 0.332 e. The van der Waals surface area contributed by atoms with E-state index in [4.69, 9.17) is 15.2 Å². The lowest BCUT2D eigenvalue weighted by molar-refractivity contribution is -0.130. The van der Waals surface area contributed by atoms with Gasteiger partial charge in [0.2, 0.25) is 0 Å². The van der Waals surface area contributed by atoms with E-state index >= 15 is 0 Å². The SMILES string of the molecule is CCCn1c(N)c(C(=O)CN2C(=O)NC(C)(c3ccc4c(c3)OCCO4)C2=O)c(=O)n(C)c1=O. The Balaban J connectivity index is 1.65. The predicted molar refractivity (Wildman–Crippen MR) is 120 cm³/mol. The number of rotatable bonds is 6. The van der Waals surface area contributed by atoms with Crippen LogP contribution < -0.4 is 31.8 Å². The molecule has 0 aliphatic carbocycles. The number of nitrogens with zero attached hydrogens (tertiary/aromatic N) is 3. The molecule has 2 aliphatic heterocycles. The van der Waals surface area contributed by atoms with Crippen molar-refractivity contribution in [1.82, 2.24) is 19.4 Å². The highest BCUT2D eigenvalue weighted by Crippen LogP contribution is 2.36. The molecule has 34 heavy (non-hydrogen) atoms. The van der Waals surface area contributed by atoms with E-state index in [0.29, 0.717) is 36.7 Å². The second-order valence-electron chi connectivity index (χ2n) is 8.29. The first kappa shape index (κ1) is 23.1. The van der Waals surface area contributed by atoms with Gasteiger partial charge >= 0.3 is 11.7 Å². The second-order valence-corrected chi connectivity index (χ2v) is 8.29. The van der Waals surface area contributed by atoms with Crippen molar-refractivity contribution in [3.8, 4) is 11.5 Å². The summed E-state index contributed by atoms with van der Waals surface area (Å²) >= 11 is 0. The van der Waals surface area contributed by atoms with Crippen LogP contribution in [0.2, 0.25) is 0 Å². The molecule has 1 atom stereocenters. The maximum absolute atomic E-state index is 13.3. The first-order valence-corrected chi connectivity index (χ1v) is 10.8. The maximum Gasteiger partial charge on any atom is 0.332 e. The molecule has 3 amide bonds. The number of imide groups is 1. The number of hydrogen-bond donors (Lipinski definition) is 2. The number of fused-ring (bicyclic) bond motifs is 1. The Morgan fingerprint density at radius 1 is 1.15 bits per heavy atom. The molecule has 3 heterocycles. The normalized spacial score (nSPS) is 19.3. The number of carbonyl (C=O) groups excluding carboxylic acids is 3. The Morgan fingerprint density at radius 3 is 2.50 bits per heavy atom. The number of urea groups is 1. The Labute approximate surface area is 193 Å². The van der Waals surface area contributed by atoms with Crippen molar-refractivity contribution in [2.24, 2.45) is 7.05 Å². The Kier molecular flexibility index (Phi) is 5.67. The molecule has 4 rings (SSSR count). The summed E-state index contributed by atoms with van der Waals surface area (Å²) in [5.41, 5.74) is 2.99. The fourth-order valence-corrected chi connectivity index (χ4v) is 4.10. The molecular weight excluding hydrogens is 446 g/mol. The zero-order chi connectivity index (χ0) is 24.8. The fourth-order valence-electron chi connectivity index (χ4n) is 4.10. The lowest BCUT2D eigenvalue weighted by Gasteiger charge is -2.25. The average molecular weight is 471 g/mol. The molecule has 0 spiro atoms. The van der Waals surface area contributed by atoms with Crippen LogP contribution in [-0.2, 0) is 23.9 Å². The monoisotopic (exact) mass is 471 g/mol. The van der Waals surface area contributed by atoms with Crippen LogP contribution in [-0.4, -0.2) is 51.5 Å². The van der Waals surface area contributed by atoms with Gasteiger partial charge in [0.1, 0.15) is 30.1 Å². The minimum Gasteiger partial charge on any atom is -0.486 e. The van der Waals surface area contributed by atoms with Gasteiger partial charge in [-0.2, -0.15) is 0 Å². The summed E-state index contributed by atoms with van der Waals surface area (Å²) in [6, 6.07) is 4.08. The molecule has 1 aromatic carbocycles. The van der Waals surface area contributed by atoms with E-state index in [-0.39, 0.29) is 12.4 Å². The number of anilines is 1. The summed E-state index contributed by atoms with van der Waals surface area (Å²) < 4.78 is 13.0. The largest absolute Gasteiger partial charge is 0.486 e. The Hall–Kier alpha value is -4.09. The van der Waals surface area contributed by atoms with Crippen LogP contribution in [0.1, 0.15) is 36.2 Å². The number of nitrogens with one attached hydrogen (secondary N) is 1. The van der Waals surface area contributed by atoms with Gasteiger partial charge in [-0.05, 0) is 31.0 Å². The highest BCUT2D eigenvalue weighted by molar-refractivity contribution is 6.12. The molecule has 1 fully saturated rings. The number of nitrogen functional groups attached to an aromatic ring is 1. The van der Waals surface area contributed by atoms with E-state index in [1.54, 1.807) is 18.2 Å². The number of carbonyl (C=O) groups is 3. The molecule has 12 heteroatoms. The van der Waals surface area contributed by atoms with Gasteiger partial charge in [-0.3, -0.25) is 28.4 Å². The van der Waals surface area contributed by atoms with E-state index in [0.717, 1.165) is 14.0 Å². The van der Waals surface area contributed by atoms with Crippen LogP contribution in [0.15, 0.2) is 27.8 Å². The molecule has 1 aromatic heterocycles. The highest BCUT2D eigenvalue weighted by Gasteiger charge is 2.50. The van der Waals surface area contributed by atoms with Crippen molar-refractivity contribution in [3.05, 3.63) is 50.2 Å². The Bertz CT molecular complexity index is 1330. The third-order valence-electron chi connectivity index (χ3n) is 6.01. The molecule has 12 nitrogen and oxygen atoms in total. The van der Waals surface area contributed by atoms with E-state index in [1.165, 1.54) is 14.0 Å². The molecule has 0 saturated carbocycles. The quantitative estimate of drug-likeness (QED) is 0.439. The van der Waals surface area contributed by atoms with E-state index in [2.05, 4.69) is 5.32 Å². The van der Waals surface area contributed by atoms with Crippen LogP contribution in [0.25, 0.3) is 0 Å². The zero-order valence-electron chi connectivity index (χ0n) is 19.0. The Morgan fingerprint density at radius 2 is 1.82 bits per heavy atom. The van der Waals surface area contributed by atoms with Gasteiger partial charge in [0.15, 0.2) is 17.3 Å². The predicted octanol–water partition coefficient (Wildman–Crippen LogP) is -0.0397. The standard InChI is InChI=1S/C22H25N5O7/c1-4-7-26-17(23)16(18(29)25(3)21(26)32)13(28)11-27-19(30)22(2,24-20(27)31)12-5-6-14-15(10-12)34-9-8-33-14/h5-6,10H,4,7-9,11,23H2,1-3H3,(H,24,31). The average Bonchev–Trinajstić information content (AvgIpc) is 3.04. The van der Waals surface area contributed by atoms with Gasteiger partial charge in [-0.15, -0.1) is 0 Å². The van der Waals surface area contributed by atoms with Crippen molar-refractivity contribution in [3.63, 3.8) is 0 Å². The number of hydrogen-bond acceptors (Lipinski definition) is 8. The van der Waals surface area contributed by atoms with Crippen molar-refractivity contribution in [2.45, 2.75) is 32.4 Å². The molecule has 0 bridgehead atoms. The van der Waals surface area contributed by atoms with Crippen molar-refractivity contribution in [2.75, 3.05) is 25.5 Å². The zero-order valence-corrected chi connectivity index (χ0v) is 19.0. The van der Waals surface area contributed by atoms with Gasteiger partial charge in [0, 0.05) is 13.6 Å².